The topological polar surface area (TPSA) is 89.0 Å². The molecule has 0 aliphatic rings. The van der Waals surface area contributed by atoms with Crippen LogP contribution >= 0.6 is 11.8 Å². The molecule has 0 saturated carbocycles. The van der Waals surface area contributed by atoms with Crippen molar-refractivity contribution in [2.75, 3.05) is 6.61 Å². The molecule has 0 aliphatic carbocycles. The van der Waals surface area contributed by atoms with Gasteiger partial charge in [0.15, 0.2) is 5.69 Å². The molecule has 7 heteroatoms. The molecule has 0 unspecified atom stereocenters. The van der Waals surface area contributed by atoms with Crippen LogP contribution in [-0.4, -0.2) is 22.7 Å². The van der Waals surface area contributed by atoms with Crippen molar-refractivity contribution in [1.82, 2.24) is 10.1 Å². The minimum atomic E-state index is -0.510. The summed E-state index contributed by atoms with van der Waals surface area (Å²) >= 11 is 1.37. The maximum absolute atomic E-state index is 11.5. The fourth-order valence-electron chi connectivity index (χ4n) is 1.86. The van der Waals surface area contributed by atoms with Crippen LogP contribution in [0.3, 0.4) is 0 Å². The number of hydrogen-bond donors (Lipinski definition) is 0. The van der Waals surface area contributed by atoms with Crippen LogP contribution < -0.4 is 0 Å². The molecule has 2 aromatic rings. The van der Waals surface area contributed by atoms with Crippen LogP contribution in [0.25, 0.3) is 0 Å². The van der Waals surface area contributed by atoms with Crippen molar-refractivity contribution in [3.63, 3.8) is 0 Å². The largest absolute Gasteiger partial charge is 0.461 e. The predicted molar refractivity (Wildman–Crippen MR) is 80.4 cm³/mol. The monoisotopic (exact) mass is 317 g/mol. The summed E-state index contributed by atoms with van der Waals surface area (Å²) in [4.78, 5) is 15.9. The van der Waals surface area contributed by atoms with Crippen LogP contribution in [-0.2, 0) is 10.5 Å². The standard InChI is InChI=1S/C15H15N3O3S/c1-4-20-15(19)13-6-11(21-18-13)8-22-14-12(7-16)9(2)5-10(3)17-14/h5-6H,4,8H2,1-3H3. The molecular formula is C15H15N3O3S. The molecule has 0 fully saturated rings. The lowest BCUT2D eigenvalue weighted by molar-refractivity contribution is 0.0514. The molecule has 0 aliphatic heterocycles. The Balaban J connectivity index is 2.11. The quantitative estimate of drug-likeness (QED) is 0.618. The molecule has 0 atom stereocenters. The van der Waals surface area contributed by atoms with Crippen LogP contribution in [0.2, 0.25) is 0 Å². The molecule has 0 spiro atoms. The lowest BCUT2D eigenvalue weighted by atomic mass is 10.1. The van der Waals surface area contributed by atoms with Gasteiger partial charge in [0.05, 0.1) is 17.9 Å². The summed E-state index contributed by atoms with van der Waals surface area (Å²) in [5, 5.41) is 13.5. The van der Waals surface area contributed by atoms with Crippen molar-refractivity contribution in [3.05, 3.63) is 40.4 Å². The molecule has 0 saturated heterocycles. The number of pyridine rings is 1. The van der Waals surface area contributed by atoms with Gasteiger partial charge in [-0.05, 0) is 32.4 Å². The molecule has 22 heavy (non-hydrogen) atoms. The van der Waals surface area contributed by atoms with E-state index in [1.807, 2.05) is 19.9 Å². The number of nitrogens with zero attached hydrogens (tertiary/aromatic N) is 3. The van der Waals surface area contributed by atoms with E-state index in [1.54, 1.807) is 13.0 Å². The lowest BCUT2D eigenvalue weighted by Gasteiger charge is -2.05. The van der Waals surface area contributed by atoms with Crippen LogP contribution in [0.5, 0.6) is 0 Å². The average Bonchev–Trinajstić information content (AvgIpc) is 2.94. The Morgan fingerprint density at radius 3 is 2.91 bits per heavy atom. The fraction of sp³-hybridized carbons (Fsp3) is 0.333. The SMILES string of the molecule is CCOC(=O)c1cc(CSc2nc(C)cc(C)c2C#N)on1. The summed E-state index contributed by atoms with van der Waals surface area (Å²) in [5.41, 5.74) is 2.44. The zero-order valence-corrected chi connectivity index (χ0v) is 13.4. The molecule has 2 heterocycles. The number of rotatable bonds is 5. The minimum absolute atomic E-state index is 0.145. The molecule has 0 aromatic carbocycles. The third-order valence-electron chi connectivity index (χ3n) is 2.82. The molecular weight excluding hydrogens is 302 g/mol. The molecule has 0 bridgehead atoms. The van der Waals surface area contributed by atoms with Gasteiger partial charge < -0.3 is 9.26 Å². The van der Waals surface area contributed by atoms with Crippen LogP contribution in [0, 0.1) is 25.2 Å². The Labute approximate surface area is 132 Å². The van der Waals surface area contributed by atoms with Crippen molar-refractivity contribution in [2.45, 2.75) is 31.6 Å². The van der Waals surface area contributed by atoms with Gasteiger partial charge in [-0.15, -0.1) is 0 Å². The first-order valence-electron chi connectivity index (χ1n) is 6.69. The van der Waals surface area contributed by atoms with E-state index in [9.17, 15) is 10.1 Å². The Bertz CT molecular complexity index is 734. The minimum Gasteiger partial charge on any atom is -0.461 e. The Kier molecular flexibility index (Phi) is 5.17. The van der Waals surface area contributed by atoms with Gasteiger partial charge in [0.25, 0.3) is 0 Å². The second-order valence-corrected chi connectivity index (χ2v) is 5.52. The van der Waals surface area contributed by atoms with Crippen LogP contribution in [0.1, 0.15) is 40.0 Å². The number of ether oxygens (including phenoxy) is 1. The summed E-state index contributed by atoms with van der Waals surface area (Å²) in [6, 6.07) is 5.58. The fourth-order valence-corrected chi connectivity index (χ4v) is 2.84. The number of aromatic nitrogens is 2. The highest BCUT2D eigenvalue weighted by atomic mass is 32.2. The normalized spacial score (nSPS) is 10.3. The zero-order chi connectivity index (χ0) is 16.1. The molecule has 114 valence electrons. The molecule has 2 rings (SSSR count). The van der Waals surface area contributed by atoms with E-state index in [1.165, 1.54) is 11.8 Å². The maximum Gasteiger partial charge on any atom is 0.360 e. The molecule has 0 N–H and O–H groups in total. The van der Waals surface area contributed by atoms with Gasteiger partial charge in [-0.25, -0.2) is 9.78 Å². The second-order valence-electron chi connectivity index (χ2n) is 4.56. The maximum atomic E-state index is 11.5. The lowest BCUT2D eigenvalue weighted by Crippen LogP contribution is -2.04. The van der Waals surface area contributed by atoms with Gasteiger partial charge in [0.1, 0.15) is 16.9 Å². The number of hydrogen-bond acceptors (Lipinski definition) is 7. The Morgan fingerprint density at radius 2 is 2.23 bits per heavy atom. The highest BCUT2D eigenvalue weighted by molar-refractivity contribution is 7.98. The van der Waals surface area contributed by atoms with Crippen molar-refractivity contribution in [1.29, 1.82) is 5.26 Å². The third kappa shape index (κ3) is 3.65. The molecule has 0 radical (unpaired) electrons. The Morgan fingerprint density at radius 1 is 1.45 bits per heavy atom. The highest BCUT2D eigenvalue weighted by Gasteiger charge is 2.15. The Hall–Kier alpha value is -2.33. The van der Waals surface area contributed by atoms with Gasteiger partial charge >= 0.3 is 5.97 Å². The van der Waals surface area contributed by atoms with Crippen molar-refractivity contribution in [3.8, 4) is 6.07 Å². The summed E-state index contributed by atoms with van der Waals surface area (Å²) in [7, 11) is 0. The van der Waals surface area contributed by atoms with Gasteiger partial charge in [-0.2, -0.15) is 5.26 Å². The van der Waals surface area contributed by atoms with Gasteiger partial charge in [0, 0.05) is 11.8 Å². The molecule has 6 nitrogen and oxygen atoms in total. The predicted octanol–water partition coefficient (Wildman–Crippen LogP) is 3.03. The third-order valence-corrected chi connectivity index (χ3v) is 3.82. The summed E-state index contributed by atoms with van der Waals surface area (Å²) < 4.78 is 9.95. The average molecular weight is 317 g/mol. The van der Waals surface area contributed by atoms with Gasteiger partial charge in [0.2, 0.25) is 0 Å². The van der Waals surface area contributed by atoms with E-state index in [0.29, 0.717) is 22.1 Å². The van der Waals surface area contributed by atoms with E-state index in [2.05, 4.69) is 16.2 Å². The summed E-state index contributed by atoms with van der Waals surface area (Å²) in [6.07, 6.45) is 0. The number of carbonyl (C=O) groups excluding carboxylic acids is 1. The van der Waals surface area contributed by atoms with Crippen LogP contribution in [0.15, 0.2) is 21.7 Å². The number of esters is 1. The number of carbonyl (C=O) groups is 1. The number of nitriles is 1. The van der Waals surface area contributed by atoms with E-state index >= 15 is 0 Å². The number of aryl methyl sites for hydroxylation is 2. The number of thioether (sulfide) groups is 1. The van der Waals surface area contributed by atoms with Gasteiger partial charge in [-0.1, -0.05) is 16.9 Å². The van der Waals surface area contributed by atoms with E-state index < -0.39 is 5.97 Å². The van der Waals surface area contributed by atoms with E-state index in [0.717, 1.165) is 11.3 Å². The first kappa shape index (κ1) is 16.0. The second kappa shape index (κ2) is 7.09. The van der Waals surface area contributed by atoms with Crippen LogP contribution in [0.4, 0.5) is 0 Å². The first-order chi connectivity index (χ1) is 10.5. The van der Waals surface area contributed by atoms with E-state index in [4.69, 9.17) is 9.26 Å². The highest BCUT2D eigenvalue weighted by Crippen LogP contribution is 2.27. The van der Waals surface area contributed by atoms with Crippen molar-refractivity contribution in [2.24, 2.45) is 0 Å². The molecule has 2 aromatic heterocycles. The van der Waals surface area contributed by atoms with Crippen molar-refractivity contribution < 1.29 is 14.1 Å². The summed E-state index contributed by atoms with van der Waals surface area (Å²) in [5.74, 6) is 0.444. The summed E-state index contributed by atoms with van der Waals surface area (Å²) in [6.45, 7) is 5.77. The zero-order valence-electron chi connectivity index (χ0n) is 12.5. The first-order valence-corrected chi connectivity index (χ1v) is 7.67. The molecule has 0 amide bonds. The smallest absolute Gasteiger partial charge is 0.360 e. The van der Waals surface area contributed by atoms with E-state index in [-0.39, 0.29) is 12.3 Å². The van der Waals surface area contributed by atoms with Gasteiger partial charge in [-0.3, -0.25) is 0 Å². The van der Waals surface area contributed by atoms with Crippen molar-refractivity contribution >= 4 is 17.7 Å².